The third kappa shape index (κ3) is 5.22. The van der Waals surface area contributed by atoms with Crippen molar-refractivity contribution in [1.82, 2.24) is 10.2 Å². The van der Waals surface area contributed by atoms with Crippen LogP contribution in [0.25, 0.3) is 11.7 Å². The van der Waals surface area contributed by atoms with Crippen molar-refractivity contribution in [1.29, 1.82) is 0 Å². The van der Waals surface area contributed by atoms with Crippen LogP contribution in [-0.2, 0) is 4.79 Å². The molecule has 28 heavy (non-hydrogen) atoms. The van der Waals surface area contributed by atoms with E-state index < -0.39 is 6.61 Å². The molecule has 0 spiro atoms. The lowest BCUT2D eigenvalue weighted by atomic mass is 10.2. The van der Waals surface area contributed by atoms with E-state index in [1.165, 1.54) is 24.5 Å². The minimum absolute atomic E-state index is 0.000951. The molecular weight excluding hydrogens is 396 g/mol. The highest BCUT2D eigenvalue weighted by molar-refractivity contribution is 7.99. The Kier molecular flexibility index (Phi) is 6.48. The number of ether oxygens (including phenoxy) is 2. The molecule has 0 atom stereocenters. The number of carbonyl (C=O) groups excluding carboxylic acids is 1. The summed E-state index contributed by atoms with van der Waals surface area (Å²) < 4.78 is 45.1. The number of thioether (sulfide) groups is 1. The van der Waals surface area contributed by atoms with E-state index in [0.717, 1.165) is 11.8 Å². The molecule has 1 N–H and O–H groups in total. The average Bonchev–Trinajstić information content (AvgIpc) is 3.33. The first-order chi connectivity index (χ1) is 13.5. The van der Waals surface area contributed by atoms with Gasteiger partial charge in [0.15, 0.2) is 17.3 Å². The van der Waals surface area contributed by atoms with Crippen molar-refractivity contribution in [3.05, 3.63) is 36.6 Å². The summed E-state index contributed by atoms with van der Waals surface area (Å²) in [7, 11) is 0. The first-order valence-electron chi connectivity index (χ1n) is 8.07. The Labute approximate surface area is 162 Å². The van der Waals surface area contributed by atoms with Crippen LogP contribution in [0.15, 0.2) is 50.7 Å². The van der Waals surface area contributed by atoms with E-state index in [9.17, 15) is 13.6 Å². The van der Waals surface area contributed by atoms with E-state index >= 15 is 0 Å². The number of benzene rings is 1. The number of carbonyl (C=O) groups is 1. The van der Waals surface area contributed by atoms with Crippen LogP contribution in [0.2, 0.25) is 0 Å². The maximum absolute atomic E-state index is 12.4. The highest BCUT2D eigenvalue weighted by Crippen LogP contribution is 2.32. The number of alkyl halides is 2. The molecule has 1 amide bonds. The van der Waals surface area contributed by atoms with Crippen LogP contribution >= 0.6 is 11.8 Å². The predicted molar refractivity (Wildman–Crippen MR) is 95.6 cm³/mol. The smallest absolute Gasteiger partial charge is 0.387 e. The van der Waals surface area contributed by atoms with Gasteiger partial charge in [-0.05, 0) is 31.2 Å². The van der Waals surface area contributed by atoms with Crippen molar-refractivity contribution in [3.8, 4) is 23.1 Å². The van der Waals surface area contributed by atoms with E-state index in [1.54, 1.807) is 19.1 Å². The van der Waals surface area contributed by atoms with Crippen LogP contribution in [0.3, 0.4) is 0 Å². The van der Waals surface area contributed by atoms with E-state index in [1.807, 2.05) is 0 Å². The molecule has 2 heterocycles. The van der Waals surface area contributed by atoms with Crippen molar-refractivity contribution < 1.29 is 31.9 Å². The minimum atomic E-state index is -2.98. The molecule has 0 unspecified atom stereocenters. The number of nitrogens with one attached hydrogen (secondary N) is 1. The van der Waals surface area contributed by atoms with Crippen LogP contribution in [0.5, 0.6) is 11.5 Å². The Bertz CT molecular complexity index is 917. The number of halogens is 2. The van der Waals surface area contributed by atoms with E-state index in [0.29, 0.717) is 11.4 Å². The molecule has 0 bridgehead atoms. The van der Waals surface area contributed by atoms with E-state index in [4.69, 9.17) is 13.6 Å². The van der Waals surface area contributed by atoms with Crippen molar-refractivity contribution in [3.63, 3.8) is 0 Å². The van der Waals surface area contributed by atoms with Gasteiger partial charge in [0.2, 0.25) is 5.91 Å². The Morgan fingerprint density at radius 2 is 2.14 bits per heavy atom. The first kappa shape index (κ1) is 19.7. The molecule has 0 fully saturated rings. The summed E-state index contributed by atoms with van der Waals surface area (Å²) in [6.45, 7) is -1.02. The lowest BCUT2D eigenvalue weighted by Gasteiger charge is -2.13. The fraction of sp³-hybridized carbons (Fsp3) is 0.235. The van der Waals surface area contributed by atoms with Gasteiger partial charge in [-0.1, -0.05) is 11.8 Å². The van der Waals surface area contributed by atoms with Gasteiger partial charge in [-0.2, -0.15) is 8.78 Å². The largest absolute Gasteiger partial charge is 0.490 e. The lowest BCUT2D eigenvalue weighted by Crippen LogP contribution is -2.14. The number of furan rings is 1. The molecule has 8 nitrogen and oxygen atoms in total. The molecule has 1 aromatic carbocycles. The van der Waals surface area contributed by atoms with E-state index in [-0.39, 0.29) is 40.9 Å². The second-order valence-corrected chi connectivity index (χ2v) is 6.09. The summed E-state index contributed by atoms with van der Waals surface area (Å²) in [5.74, 6) is 0.280. The van der Waals surface area contributed by atoms with Gasteiger partial charge in [-0.25, -0.2) is 0 Å². The SMILES string of the molecule is CCOc1cc(NC(=O)CSc2nnc(-c3ccco3)o2)ccc1OC(F)F. The molecule has 0 radical (unpaired) electrons. The normalized spacial score (nSPS) is 10.9. The van der Waals surface area contributed by atoms with E-state index in [2.05, 4.69) is 20.3 Å². The number of anilines is 1. The van der Waals surface area contributed by atoms with Gasteiger partial charge in [0, 0.05) is 11.8 Å². The predicted octanol–water partition coefficient (Wildman–Crippen LogP) is 4.06. The summed E-state index contributed by atoms with van der Waals surface area (Å²) in [4.78, 5) is 12.1. The zero-order valence-electron chi connectivity index (χ0n) is 14.6. The Morgan fingerprint density at radius 1 is 1.29 bits per heavy atom. The number of nitrogens with zero attached hydrogens (tertiary/aromatic N) is 2. The van der Waals surface area contributed by atoms with Crippen LogP contribution in [-0.4, -0.2) is 35.1 Å². The quantitative estimate of drug-likeness (QED) is 0.526. The molecule has 0 aliphatic carbocycles. The zero-order valence-corrected chi connectivity index (χ0v) is 15.4. The van der Waals surface area contributed by atoms with Gasteiger partial charge >= 0.3 is 6.61 Å². The maximum Gasteiger partial charge on any atom is 0.387 e. The summed E-state index contributed by atoms with van der Waals surface area (Å²) in [6, 6.07) is 7.50. The molecule has 0 saturated carbocycles. The van der Waals surface area contributed by atoms with Gasteiger partial charge in [0.05, 0.1) is 18.6 Å². The van der Waals surface area contributed by atoms with Crippen molar-refractivity contribution >= 4 is 23.4 Å². The lowest BCUT2D eigenvalue weighted by molar-refractivity contribution is -0.113. The van der Waals surface area contributed by atoms with Gasteiger partial charge in [0.1, 0.15) is 0 Å². The summed E-state index contributed by atoms with van der Waals surface area (Å²) >= 11 is 1.04. The molecule has 3 aromatic rings. The minimum Gasteiger partial charge on any atom is -0.490 e. The first-order valence-corrected chi connectivity index (χ1v) is 9.05. The van der Waals surface area contributed by atoms with Crippen LogP contribution in [0.1, 0.15) is 6.92 Å². The summed E-state index contributed by atoms with van der Waals surface area (Å²) in [5, 5.41) is 10.5. The van der Waals surface area contributed by atoms with Gasteiger partial charge in [-0.3, -0.25) is 4.79 Å². The molecular formula is C17H15F2N3O5S. The highest BCUT2D eigenvalue weighted by Gasteiger charge is 2.15. The van der Waals surface area contributed by atoms with Gasteiger partial charge in [0.25, 0.3) is 11.1 Å². The zero-order chi connectivity index (χ0) is 19.9. The van der Waals surface area contributed by atoms with Crippen molar-refractivity contribution in [2.45, 2.75) is 18.8 Å². The molecule has 0 aliphatic rings. The second kappa shape index (κ2) is 9.22. The third-order valence-electron chi connectivity index (χ3n) is 3.21. The number of hydrogen-bond donors (Lipinski definition) is 1. The Hall–Kier alpha value is -3.08. The van der Waals surface area contributed by atoms with Gasteiger partial charge in [-0.15, -0.1) is 10.2 Å². The number of hydrogen-bond acceptors (Lipinski definition) is 8. The van der Waals surface area contributed by atoms with Crippen LogP contribution in [0.4, 0.5) is 14.5 Å². The molecule has 2 aromatic heterocycles. The average molecular weight is 411 g/mol. The monoisotopic (exact) mass is 411 g/mol. The number of amides is 1. The van der Waals surface area contributed by atoms with Crippen molar-refractivity contribution in [2.24, 2.45) is 0 Å². The van der Waals surface area contributed by atoms with Crippen molar-refractivity contribution in [2.75, 3.05) is 17.7 Å². The highest BCUT2D eigenvalue weighted by atomic mass is 32.2. The van der Waals surface area contributed by atoms with Crippen LogP contribution < -0.4 is 14.8 Å². The number of aromatic nitrogens is 2. The number of rotatable bonds is 9. The molecule has 0 aliphatic heterocycles. The fourth-order valence-corrected chi connectivity index (χ4v) is 2.70. The summed E-state index contributed by atoms with van der Waals surface area (Å²) in [5.41, 5.74) is 0.373. The molecule has 148 valence electrons. The standard InChI is InChI=1S/C17H15F2N3O5S/c1-2-24-13-8-10(5-6-11(13)26-16(18)19)20-14(23)9-28-17-22-21-15(27-17)12-4-3-7-25-12/h3-8,16H,2,9H2,1H3,(H,20,23). The third-order valence-corrected chi connectivity index (χ3v) is 4.03. The Balaban J connectivity index is 1.57. The Morgan fingerprint density at radius 3 is 2.86 bits per heavy atom. The van der Waals surface area contributed by atoms with Gasteiger partial charge < -0.3 is 23.6 Å². The molecule has 0 saturated heterocycles. The molecule has 11 heteroatoms. The fourth-order valence-electron chi connectivity index (χ4n) is 2.14. The topological polar surface area (TPSA) is 99.6 Å². The maximum atomic E-state index is 12.4. The van der Waals surface area contributed by atoms with Crippen LogP contribution in [0, 0.1) is 0 Å². The molecule has 3 rings (SSSR count). The summed E-state index contributed by atoms with van der Waals surface area (Å²) in [6.07, 6.45) is 1.48. The second-order valence-electron chi connectivity index (χ2n) is 5.16.